The fourth-order valence-corrected chi connectivity index (χ4v) is 3.96. The van der Waals surface area contributed by atoms with Gasteiger partial charge in [-0.1, -0.05) is 64.1 Å². The van der Waals surface area contributed by atoms with E-state index in [0.717, 1.165) is 5.56 Å². The third kappa shape index (κ3) is 3.05. The number of benzene rings is 2. The van der Waals surface area contributed by atoms with Crippen LogP contribution in [0.25, 0.3) is 0 Å². The Balaban J connectivity index is 1.53. The van der Waals surface area contributed by atoms with Crippen molar-refractivity contribution < 1.29 is 14.3 Å². The Labute approximate surface area is 155 Å². The molecule has 0 radical (unpaired) electrons. The summed E-state index contributed by atoms with van der Waals surface area (Å²) >= 11 is 0. The maximum atomic E-state index is 12.2. The van der Waals surface area contributed by atoms with Crippen molar-refractivity contribution in [3.63, 3.8) is 0 Å². The predicted octanol–water partition coefficient (Wildman–Crippen LogP) is 5.29. The van der Waals surface area contributed by atoms with E-state index in [1.54, 1.807) is 12.1 Å². The number of carbonyl (C=O) groups excluding carboxylic acids is 1. The fraction of sp³-hybridized carbons (Fsp3) is 0.435. The zero-order valence-electron chi connectivity index (χ0n) is 15.9. The van der Waals surface area contributed by atoms with Crippen LogP contribution < -0.4 is 0 Å². The van der Waals surface area contributed by atoms with Gasteiger partial charge < -0.3 is 9.47 Å². The van der Waals surface area contributed by atoms with Crippen molar-refractivity contribution in [3.05, 3.63) is 70.8 Å². The van der Waals surface area contributed by atoms with Crippen molar-refractivity contribution in [1.82, 2.24) is 0 Å². The van der Waals surface area contributed by atoms with Gasteiger partial charge in [0.15, 0.2) is 0 Å². The van der Waals surface area contributed by atoms with Crippen molar-refractivity contribution in [3.8, 4) is 0 Å². The first-order chi connectivity index (χ1) is 12.3. The SMILES string of the molecule is CC1(C)CCC(C)(C)c2cc(C3OC3OC(=O)c3ccccc3)ccc21. The number of hydrogen-bond acceptors (Lipinski definition) is 3. The minimum absolute atomic E-state index is 0.159. The maximum Gasteiger partial charge on any atom is 0.340 e. The molecule has 1 saturated heterocycles. The van der Waals surface area contributed by atoms with Gasteiger partial charge >= 0.3 is 5.97 Å². The van der Waals surface area contributed by atoms with E-state index in [2.05, 4.69) is 45.9 Å². The molecule has 2 atom stereocenters. The normalized spacial score (nSPS) is 25.2. The van der Waals surface area contributed by atoms with Crippen LogP contribution >= 0.6 is 0 Å². The Morgan fingerprint density at radius 1 is 0.962 bits per heavy atom. The molecule has 0 aromatic heterocycles. The summed E-state index contributed by atoms with van der Waals surface area (Å²) in [5, 5.41) is 0. The summed E-state index contributed by atoms with van der Waals surface area (Å²) in [4.78, 5) is 12.2. The number of carbonyl (C=O) groups is 1. The molecule has 2 unspecified atom stereocenters. The van der Waals surface area contributed by atoms with E-state index in [4.69, 9.17) is 9.47 Å². The molecular formula is C23H26O3. The first-order valence-electron chi connectivity index (χ1n) is 9.34. The molecule has 3 heteroatoms. The monoisotopic (exact) mass is 350 g/mol. The van der Waals surface area contributed by atoms with E-state index in [0.29, 0.717) is 5.56 Å². The Bertz CT molecular complexity index is 836. The van der Waals surface area contributed by atoms with Crippen LogP contribution in [-0.2, 0) is 20.3 Å². The highest BCUT2D eigenvalue weighted by Crippen LogP contribution is 2.48. The lowest BCUT2D eigenvalue weighted by Gasteiger charge is -2.42. The minimum Gasteiger partial charge on any atom is -0.429 e. The Morgan fingerprint density at radius 2 is 1.62 bits per heavy atom. The Morgan fingerprint density at radius 3 is 2.31 bits per heavy atom. The van der Waals surface area contributed by atoms with Crippen molar-refractivity contribution in [2.24, 2.45) is 0 Å². The van der Waals surface area contributed by atoms with Gasteiger partial charge in [0.1, 0.15) is 6.10 Å². The predicted molar refractivity (Wildman–Crippen MR) is 101 cm³/mol. The van der Waals surface area contributed by atoms with E-state index >= 15 is 0 Å². The van der Waals surface area contributed by atoms with Crippen molar-refractivity contribution >= 4 is 5.97 Å². The van der Waals surface area contributed by atoms with Crippen LogP contribution in [0.1, 0.15) is 73.7 Å². The van der Waals surface area contributed by atoms with Crippen LogP contribution in [0.5, 0.6) is 0 Å². The zero-order chi connectivity index (χ0) is 18.5. The molecule has 1 aliphatic carbocycles. The molecule has 4 rings (SSSR count). The summed E-state index contributed by atoms with van der Waals surface area (Å²) in [6, 6.07) is 15.7. The van der Waals surface area contributed by atoms with Crippen LogP contribution in [0.3, 0.4) is 0 Å². The van der Waals surface area contributed by atoms with Crippen LogP contribution in [0.15, 0.2) is 48.5 Å². The Kier molecular flexibility index (Phi) is 3.96. The molecule has 1 fully saturated rings. The molecule has 0 spiro atoms. The third-order valence-corrected chi connectivity index (χ3v) is 5.89. The van der Waals surface area contributed by atoms with E-state index < -0.39 is 6.29 Å². The molecule has 136 valence electrons. The number of ether oxygens (including phenoxy) is 2. The van der Waals surface area contributed by atoms with Crippen molar-refractivity contribution in [1.29, 1.82) is 0 Å². The quantitative estimate of drug-likeness (QED) is 0.558. The van der Waals surface area contributed by atoms with Gasteiger partial charge in [-0.05, 0) is 52.5 Å². The van der Waals surface area contributed by atoms with E-state index in [1.807, 2.05) is 18.2 Å². The average molecular weight is 350 g/mol. The topological polar surface area (TPSA) is 38.8 Å². The molecule has 3 nitrogen and oxygen atoms in total. The second-order valence-electron chi connectivity index (χ2n) is 8.77. The van der Waals surface area contributed by atoms with E-state index in [-0.39, 0.29) is 22.9 Å². The summed E-state index contributed by atoms with van der Waals surface area (Å²) < 4.78 is 11.2. The molecule has 1 heterocycles. The standard InChI is InChI=1S/C23H26O3/c1-22(2)12-13-23(3,4)18-14-16(10-11-17(18)22)19-21(25-19)26-20(24)15-8-6-5-7-9-15/h5-11,14,19,21H,12-13H2,1-4H3. The van der Waals surface area contributed by atoms with E-state index in [1.165, 1.54) is 24.0 Å². The first-order valence-corrected chi connectivity index (χ1v) is 9.34. The molecule has 2 aromatic carbocycles. The maximum absolute atomic E-state index is 12.2. The first kappa shape index (κ1) is 17.3. The van der Waals surface area contributed by atoms with Gasteiger partial charge in [0, 0.05) is 0 Å². The summed E-state index contributed by atoms with van der Waals surface area (Å²) in [5.41, 5.74) is 4.83. The highest BCUT2D eigenvalue weighted by Gasteiger charge is 2.45. The molecule has 0 saturated carbocycles. The van der Waals surface area contributed by atoms with Crippen LogP contribution in [0.4, 0.5) is 0 Å². The van der Waals surface area contributed by atoms with Crippen molar-refractivity contribution in [2.45, 2.75) is 63.8 Å². The summed E-state index contributed by atoms with van der Waals surface area (Å²) in [5.74, 6) is -0.336. The van der Waals surface area contributed by atoms with Gasteiger partial charge in [0.2, 0.25) is 6.29 Å². The Hall–Kier alpha value is -2.13. The highest BCUT2D eigenvalue weighted by atomic mass is 16.8. The molecule has 0 bridgehead atoms. The number of fused-ring (bicyclic) bond motifs is 1. The van der Waals surface area contributed by atoms with E-state index in [9.17, 15) is 4.79 Å². The smallest absolute Gasteiger partial charge is 0.340 e. The van der Waals surface area contributed by atoms with Crippen LogP contribution in [-0.4, -0.2) is 12.3 Å². The minimum atomic E-state index is -0.486. The molecule has 2 aliphatic rings. The lowest BCUT2D eigenvalue weighted by molar-refractivity contribution is 0.0297. The molecule has 1 aliphatic heterocycles. The fourth-order valence-electron chi connectivity index (χ4n) is 3.96. The van der Waals surface area contributed by atoms with Gasteiger partial charge in [-0.3, -0.25) is 0 Å². The molecule has 26 heavy (non-hydrogen) atoms. The lowest BCUT2D eigenvalue weighted by Crippen LogP contribution is -2.33. The zero-order valence-corrected chi connectivity index (χ0v) is 15.9. The average Bonchev–Trinajstić information content (AvgIpc) is 3.39. The molecule has 2 aromatic rings. The highest BCUT2D eigenvalue weighted by molar-refractivity contribution is 5.89. The lowest BCUT2D eigenvalue weighted by atomic mass is 9.63. The number of epoxide rings is 1. The number of hydrogen-bond donors (Lipinski definition) is 0. The van der Waals surface area contributed by atoms with Gasteiger partial charge in [0.05, 0.1) is 5.56 Å². The second kappa shape index (κ2) is 5.95. The van der Waals surface area contributed by atoms with Gasteiger partial charge in [-0.25, -0.2) is 4.79 Å². The third-order valence-electron chi connectivity index (χ3n) is 5.89. The van der Waals surface area contributed by atoms with Gasteiger partial charge in [-0.15, -0.1) is 0 Å². The van der Waals surface area contributed by atoms with Crippen LogP contribution in [0, 0.1) is 0 Å². The van der Waals surface area contributed by atoms with Crippen molar-refractivity contribution in [2.75, 3.05) is 0 Å². The summed E-state index contributed by atoms with van der Waals surface area (Å²) in [6.07, 6.45) is 1.73. The molecule has 0 N–H and O–H groups in total. The summed E-state index contributed by atoms with van der Waals surface area (Å²) in [7, 11) is 0. The second-order valence-corrected chi connectivity index (χ2v) is 8.77. The number of rotatable bonds is 3. The summed E-state index contributed by atoms with van der Waals surface area (Å²) in [6.45, 7) is 9.26. The number of esters is 1. The van der Waals surface area contributed by atoms with Gasteiger partial charge in [0.25, 0.3) is 0 Å². The van der Waals surface area contributed by atoms with Gasteiger partial charge in [-0.2, -0.15) is 0 Å². The van der Waals surface area contributed by atoms with Crippen LogP contribution in [0.2, 0.25) is 0 Å². The molecular weight excluding hydrogens is 324 g/mol. The largest absolute Gasteiger partial charge is 0.429 e. The molecule has 0 amide bonds.